The van der Waals surface area contributed by atoms with Gasteiger partial charge in [-0.1, -0.05) is 28.1 Å². The molecule has 0 heterocycles. The lowest BCUT2D eigenvalue weighted by molar-refractivity contribution is -0.118. The first kappa shape index (κ1) is 19.4. The number of carbonyl (C=O) groups excluding carboxylic acids is 2. The molecule has 0 spiro atoms. The third kappa shape index (κ3) is 5.34. The second-order valence-corrected chi connectivity index (χ2v) is 6.76. The fraction of sp³-hybridized carbons (Fsp3) is 0.0476. The molecule has 0 aliphatic rings. The normalized spacial score (nSPS) is 10.2. The lowest BCUT2D eigenvalue weighted by atomic mass is 10.2. The van der Waals surface area contributed by atoms with Gasteiger partial charge in [0, 0.05) is 15.8 Å². The molecular formula is C21H17BrN2O4. The van der Waals surface area contributed by atoms with E-state index in [1.807, 2.05) is 12.1 Å². The number of phenolic OH excluding ortho intramolecular Hbond substituents is 1. The average molecular weight is 441 g/mol. The summed E-state index contributed by atoms with van der Waals surface area (Å²) in [5, 5.41) is 14.8. The van der Waals surface area contributed by atoms with Crippen molar-refractivity contribution in [2.24, 2.45) is 0 Å². The number of para-hydroxylation sites is 1. The first-order chi connectivity index (χ1) is 13.5. The van der Waals surface area contributed by atoms with Gasteiger partial charge in [-0.2, -0.15) is 0 Å². The molecule has 0 atom stereocenters. The molecule has 0 radical (unpaired) electrons. The van der Waals surface area contributed by atoms with Crippen LogP contribution in [0.3, 0.4) is 0 Å². The highest BCUT2D eigenvalue weighted by Gasteiger charge is 2.14. The zero-order valence-corrected chi connectivity index (χ0v) is 16.3. The number of aromatic hydroxyl groups is 1. The molecule has 0 aliphatic heterocycles. The second kappa shape index (κ2) is 9.05. The molecule has 0 unspecified atom stereocenters. The van der Waals surface area contributed by atoms with Crippen molar-refractivity contribution in [2.75, 3.05) is 17.2 Å². The highest BCUT2D eigenvalue weighted by Crippen LogP contribution is 2.21. The van der Waals surface area contributed by atoms with Crippen LogP contribution in [0, 0.1) is 0 Å². The lowest BCUT2D eigenvalue weighted by Gasteiger charge is -2.12. The smallest absolute Gasteiger partial charge is 0.262 e. The van der Waals surface area contributed by atoms with Crippen LogP contribution in [0.15, 0.2) is 77.3 Å². The van der Waals surface area contributed by atoms with E-state index in [1.54, 1.807) is 48.5 Å². The highest BCUT2D eigenvalue weighted by molar-refractivity contribution is 9.10. The number of benzene rings is 3. The van der Waals surface area contributed by atoms with E-state index in [2.05, 4.69) is 26.6 Å². The quantitative estimate of drug-likeness (QED) is 0.494. The van der Waals surface area contributed by atoms with Gasteiger partial charge in [0.05, 0.1) is 5.56 Å². The van der Waals surface area contributed by atoms with E-state index in [9.17, 15) is 14.7 Å². The summed E-state index contributed by atoms with van der Waals surface area (Å²) in [7, 11) is 0. The molecule has 6 nitrogen and oxygen atoms in total. The summed E-state index contributed by atoms with van der Waals surface area (Å²) >= 11 is 3.33. The molecule has 142 valence electrons. The zero-order chi connectivity index (χ0) is 19.9. The molecule has 3 N–H and O–H groups in total. The van der Waals surface area contributed by atoms with Crippen LogP contribution in [0.2, 0.25) is 0 Å². The molecule has 0 bridgehead atoms. The van der Waals surface area contributed by atoms with E-state index in [-0.39, 0.29) is 24.2 Å². The van der Waals surface area contributed by atoms with E-state index in [4.69, 9.17) is 4.74 Å². The van der Waals surface area contributed by atoms with Gasteiger partial charge in [-0.15, -0.1) is 0 Å². The SMILES string of the molecule is O=C(COc1ccccc1C(=O)Nc1ccc(O)cc1)Nc1ccc(Br)cc1. The summed E-state index contributed by atoms with van der Waals surface area (Å²) < 4.78 is 6.46. The minimum absolute atomic E-state index is 0.110. The van der Waals surface area contributed by atoms with Crippen molar-refractivity contribution in [1.82, 2.24) is 0 Å². The number of hydrogen-bond acceptors (Lipinski definition) is 4. The molecule has 3 rings (SSSR count). The van der Waals surface area contributed by atoms with E-state index in [1.165, 1.54) is 12.1 Å². The lowest BCUT2D eigenvalue weighted by Crippen LogP contribution is -2.21. The molecular weight excluding hydrogens is 424 g/mol. The van der Waals surface area contributed by atoms with Gasteiger partial charge in [-0.25, -0.2) is 0 Å². The maximum Gasteiger partial charge on any atom is 0.262 e. The minimum atomic E-state index is -0.380. The summed E-state index contributed by atoms with van der Waals surface area (Å²) in [5.41, 5.74) is 1.48. The maximum absolute atomic E-state index is 12.5. The number of anilines is 2. The molecule has 0 aromatic heterocycles. The Morgan fingerprint density at radius 1 is 0.857 bits per heavy atom. The van der Waals surface area contributed by atoms with Crippen molar-refractivity contribution < 1.29 is 19.4 Å². The third-order valence-electron chi connectivity index (χ3n) is 3.74. The minimum Gasteiger partial charge on any atom is -0.508 e. The zero-order valence-electron chi connectivity index (χ0n) is 14.7. The van der Waals surface area contributed by atoms with Crippen LogP contribution in [0.25, 0.3) is 0 Å². The molecule has 28 heavy (non-hydrogen) atoms. The van der Waals surface area contributed by atoms with E-state index < -0.39 is 0 Å². The number of amides is 2. The van der Waals surface area contributed by atoms with Gasteiger partial charge < -0.3 is 20.5 Å². The maximum atomic E-state index is 12.5. The van der Waals surface area contributed by atoms with Crippen LogP contribution in [0.1, 0.15) is 10.4 Å². The van der Waals surface area contributed by atoms with Crippen LogP contribution in [-0.4, -0.2) is 23.5 Å². The molecule has 7 heteroatoms. The van der Waals surface area contributed by atoms with Gasteiger partial charge >= 0.3 is 0 Å². The number of nitrogens with one attached hydrogen (secondary N) is 2. The van der Waals surface area contributed by atoms with Crippen molar-refractivity contribution >= 4 is 39.1 Å². The summed E-state index contributed by atoms with van der Waals surface area (Å²) in [6, 6.07) is 20.0. The van der Waals surface area contributed by atoms with Crippen LogP contribution in [0.4, 0.5) is 11.4 Å². The van der Waals surface area contributed by atoms with Gasteiger partial charge in [0.1, 0.15) is 11.5 Å². The third-order valence-corrected chi connectivity index (χ3v) is 4.27. The Kier molecular flexibility index (Phi) is 6.29. The predicted molar refractivity (Wildman–Crippen MR) is 111 cm³/mol. The summed E-state index contributed by atoms with van der Waals surface area (Å²) in [5.74, 6) is -0.311. The first-order valence-corrected chi connectivity index (χ1v) is 9.18. The van der Waals surface area contributed by atoms with Crippen molar-refractivity contribution in [1.29, 1.82) is 0 Å². The number of ether oxygens (including phenoxy) is 1. The van der Waals surface area contributed by atoms with Crippen molar-refractivity contribution in [2.45, 2.75) is 0 Å². The number of hydrogen-bond donors (Lipinski definition) is 3. The average Bonchev–Trinajstić information content (AvgIpc) is 2.70. The Morgan fingerprint density at radius 3 is 2.18 bits per heavy atom. The molecule has 0 fully saturated rings. The fourth-order valence-corrected chi connectivity index (χ4v) is 2.66. The second-order valence-electron chi connectivity index (χ2n) is 5.84. The summed E-state index contributed by atoms with van der Waals surface area (Å²) in [6.45, 7) is -0.237. The topological polar surface area (TPSA) is 87.7 Å². The monoisotopic (exact) mass is 440 g/mol. The van der Waals surface area contributed by atoms with Crippen LogP contribution in [0.5, 0.6) is 11.5 Å². The van der Waals surface area contributed by atoms with Crippen molar-refractivity contribution in [3.05, 3.63) is 82.8 Å². The van der Waals surface area contributed by atoms with Crippen LogP contribution >= 0.6 is 15.9 Å². The predicted octanol–water partition coefficient (Wildman–Crippen LogP) is 4.42. The van der Waals surface area contributed by atoms with Crippen LogP contribution in [-0.2, 0) is 4.79 Å². The Bertz CT molecular complexity index is 972. The van der Waals surface area contributed by atoms with E-state index in [0.717, 1.165) is 4.47 Å². The molecule has 3 aromatic carbocycles. The summed E-state index contributed by atoms with van der Waals surface area (Å²) in [4.78, 5) is 24.6. The highest BCUT2D eigenvalue weighted by atomic mass is 79.9. The van der Waals surface area contributed by atoms with E-state index >= 15 is 0 Å². The number of phenols is 1. The molecule has 0 aliphatic carbocycles. The largest absolute Gasteiger partial charge is 0.508 e. The van der Waals surface area contributed by atoms with Crippen molar-refractivity contribution in [3.63, 3.8) is 0 Å². The first-order valence-electron chi connectivity index (χ1n) is 8.39. The Hall–Kier alpha value is -3.32. The van der Waals surface area contributed by atoms with Gasteiger partial charge in [-0.05, 0) is 60.7 Å². The Labute approximate surface area is 170 Å². The number of carbonyl (C=O) groups is 2. The van der Waals surface area contributed by atoms with Crippen LogP contribution < -0.4 is 15.4 Å². The Morgan fingerprint density at radius 2 is 1.46 bits per heavy atom. The van der Waals surface area contributed by atoms with Gasteiger partial charge in [-0.3, -0.25) is 9.59 Å². The molecule has 0 saturated carbocycles. The van der Waals surface area contributed by atoms with Gasteiger partial charge in [0.15, 0.2) is 6.61 Å². The number of rotatable bonds is 6. The Balaban J connectivity index is 1.63. The van der Waals surface area contributed by atoms with Gasteiger partial charge in [0.2, 0.25) is 0 Å². The molecule has 3 aromatic rings. The fourth-order valence-electron chi connectivity index (χ4n) is 2.40. The van der Waals surface area contributed by atoms with Crippen molar-refractivity contribution in [3.8, 4) is 11.5 Å². The van der Waals surface area contributed by atoms with E-state index in [0.29, 0.717) is 22.7 Å². The van der Waals surface area contributed by atoms with Gasteiger partial charge in [0.25, 0.3) is 11.8 Å². The summed E-state index contributed by atoms with van der Waals surface area (Å²) in [6.07, 6.45) is 0. The molecule has 0 saturated heterocycles. The number of halogens is 1. The standard InChI is InChI=1S/C21H17BrN2O4/c22-14-5-7-15(8-6-14)23-20(26)13-28-19-4-2-1-3-18(19)21(27)24-16-9-11-17(25)12-10-16/h1-12,25H,13H2,(H,23,26)(H,24,27). The molecule has 2 amide bonds.